The first-order valence-electron chi connectivity index (χ1n) is 9.50. The maximum absolute atomic E-state index is 5.75. The summed E-state index contributed by atoms with van der Waals surface area (Å²) in [5, 5.41) is 1.15. The van der Waals surface area contributed by atoms with E-state index in [1.807, 2.05) is 39.8 Å². The summed E-state index contributed by atoms with van der Waals surface area (Å²) in [5.41, 5.74) is 9.51. The quantitative estimate of drug-likeness (QED) is 0.545. The van der Waals surface area contributed by atoms with Crippen LogP contribution in [0.15, 0.2) is 60.7 Å². The van der Waals surface area contributed by atoms with Gasteiger partial charge >= 0.3 is 0 Å². The van der Waals surface area contributed by atoms with Gasteiger partial charge in [-0.2, -0.15) is 0 Å². The number of benzene rings is 2. The molecular weight excluding hydrogens is 304 g/mol. The average Bonchev–Trinajstić information content (AvgIpc) is 2.69. The van der Waals surface area contributed by atoms with E-state index in [0.717, 1.165) is 23.7 Å². The molecule has 0 amide bonds. The largest absolute Gasteiger partial charge is 0.384 e. The number of aryl methyl sites for hydroxylation is 2. The van der Waals surface area contributed by atoms with Crippen molar-refractivity contribution >= 4 is 16.7 Å². The molecule has 3 rings (SSSR count). The third-order valence-electron chi connectivity index (χ3n) is 3.80. The lowest BCUT2D eigenvalue weighted by Gasteiger charge is -2.05. The third kappa shape index (κ3) is 6.96. The molecule has 1 aromatic heterocycles. The zero-order chi connectivity index (χ0) is 18.5. The van der Waals surface area contributed by atoms with E-state index in [-0.39, 0.29) is 0 Å². The summed E-state index contributed by atoms with van der Waals surface area (Å²) in [4.78, 5) is 4.39. The number of pyridine rings is 1. The third-order valence-corrected chi connectivity index (χ3v) is 3.80. The first-order valence-corrected chi connectivity index (χ1v) is 9.50. The van der Waals surface area contributed by atoms with Crippen LogP contribution in [0.3, 0.4) is 0 Å². The van der Waals surface area contributed by atoms with Gasteiger partial charge in [-0.3, -0.25) is 0 Å². The maximum atomic E-state index is 5.75. The van der Waals surface area contributed by atoms with Gasteiger partial charge in [0.2, 0.25) is 0 Å². The van der Waals surface area contributed by atoms with E-state index in [2.05, 4.69) is 53.5 Å². The van der Waals surface area contributed by atoms with Crippen molar-refractivity contribution in [3.8, 4) is 0 Å². The van der Waals surface area contributed by atoms with Crippen molar-refractivity contribution in [3.63, 3.8) is 0 Å². The van der Waals surface area contributed by atoms with Crippen molar-refractivity contribution in [1.29, 1.82) is 0 Å². The lowest BCUT2D eigenvalue weighted by atomic mass is 10.0. The molecule has 2 aromatic carbocycles. The highest BCUT2D eigenvalue weighted by Crippen LogP contribution is 2.17. The molecule has 2 N–H and O–H groups in total. The molecule has 0 saturated heterocycles. The minimum atomic E-state index is 0.587. The second kappa shape index (κ2) is 12.1. The fourth-order valence-corrected chi connectivity index (χ4v) is 2.64. The lowest BCUT2D eigenvalue weighted by Crippen LogP contribution is -1.92. The number of fused-ring (bicyclic) bond motifs is 1. The molecule has 0 saturated carbocycles. The maximum Gasteiger partial charge on any atom is 0.124 e. The monoisotopic (exact) mass is 336 g/mol. The Morgan fingerprint density at radius 3 is 2.00 bits per heavy atom. The summed E-state index contributed by atoms with van der Waals surface area (Å²) in [5.74, 6) is 0.587. The van der Waals surface area contributed by atoms with E-state index in [4.69, 9.17) is 5.73 Å². The van der Waals surface area contributed by atoms with E-state index in [9.17, 15) is 0 Å². The second-order valence-electron chi connectivity index (χ2n) is 5.46. The van der Waals surface area contributed by atoms with E-state index >= 15 is 0 Å². The van der Waals surface area contributed by atoms with Crippen LogP contribution in [0.1, 0.15) is 51.7 Å². The molecule has 0 aliphatic heterocycles. The van der Waals surface area contributed by atoms with Crippen LogP contribution < -0.4 is 5.73 Å². The minimum absolute atomic E-state index is 0.587. The average molecular weight is 337 g/mol. The van der Waals surface area contributed by atoms with Crippen LogP contribution in [-0.4, -0.2) is 4.98 Å². The van der Waals surface area contributed by atoms with Crippen LogP contribution in [-0.2, 0) is 12.8 Å². The number of hydrogen-bond donors (Lipinski definition) is 1. The molecule has 0 fully saturated rings. The molecular formula is C23H32N2. The first kappa shape index (κ1) is 20.7. The van der Waals surface area contributed by atoms with Crippen LogP contribution in [0.4, 0.5) is 5.82 Å². The summed E-state index contributed by atoms with van der Waals surface area (Å²) in [7, 11) is 0. The van der Waals surface area contributed by atoms with Crippen LogP contribution >= 0.6 is 0 Å². The molecule has 2 heteroatoms. The molecule has 0 aliphatic carbocycles. The zero-order valence-corrected chi connectivity index (χ0v) is 16.1. The standard InChI is InChI=1S/C19H20N2.2C2H6/c20-19-13-12-17-11-10-16(14-18(17)21-19)9-5-4-8-15-6-2-1-3-7-15;2*1-2/h1-3,6-7,10-14H,4-5,8-9H2,(H2,20,21);2*1-2H3. The second-order valence-corrected chi connectivity index (χ2v) is 5.46. The number of aromatic nitrogens is 1. The van der Waals surface area contributed by atoms with Crippen molar-refractivity contribution in [1.82, 2.24) is 4.98 Å². The lowest BCUT2D eigenvalue weighted by molar-refractivity contribution is 0.735. The zero-order valence-electron chi connectivity index (χ0n) is 16.1. The van der Waals surface area contributed by atoms with Gasteiger partial charge in [-0.05, 0) is 55.0 Å². The Morgan fingerprint density at radius 2 is 1.32 bits per heavy atom. The smallest absolute Gasteiger partial charge is 0.124 e. The Balaban J connectivity index is 0.000000730. The van der Waals surface area contributed by atoms with Crippen molar-refractivity contribution in [2.24, 2.45) is 0 Å². The highest BCUT2D eigenvalue weighted by Gasteiger charge is 1.99. The Kier molecular flexibility index (Phi) is 10.00. The minimum Gasteiger partial charge on any atom is -0.384 e. The van der Waals surface area contributed by atoms with Crippen molar-refractivity contribution in [2.45, 2.75) is 53.4 Å². The number of unbranched alkanes of at least 4 members (excludes halogenated alkanes) is 1. The molecule has 0 radical (unpaired) electrons. The van der Waals surface area contributed by atoms with Crippen LogP contribution in [0.2, 0.25) is 0 Å². The normalized spacial score (nSPS) is 9.60. The van der Waals surface area contributed by atoms with E-state index in [1.165, 1.54) is 24.0 Å². The topological polar surface area (TPSA) is 38.9 Å². The fraction of sp³-hybridized carbons (Fsp3) is 0.348. The van der Waals surface area contributed by atoms with Crippen molar-refractivity contribution < 1.29 is 0 Å². The van der Waals surface area contributed by atoms with E-state index in [0.29, 0.717) is 5.82 Å². The van der Waals surface area contributed by atoms with Gasteiger partial charge in [0, 0.05) is 5.39 Å². The summed E-state index contributed by atoms with van der Waals surface area (Å²) in [6.45, 7) is 8.00. The summed E-state index contributed by atoms with van der Waals surface area (Å²) < 4.78 is 0. The number of hydrogen-bond acceptors (Lipinski definition) is 2. The molecule has 1 heterocycles. The van der Waals surface area contributed by atoms with Crippen molar-refractivity contribution in [2.75, 3.05) is 5.73 Å². The van der Waals surface area contributed by atoms with E-state index in [1.54, 1.807) is 0 Å². The van der Waals surface area contributed by atoms with Gasteiger partial charge in [0.15, 0.2) is 0 Å². The molecule has 134 valence electrons. The van der Waals surface area contributed by atoms with Gasteiger partial charge in [-0.15, -0.1) is 0 Å². The molecule has 0 unspecified atom stereocenters. The Hall–Kier alpha value is -2.35. The highest BCUT2D eigenvalue weighted by molar-refractivity contribution is 5.80. The highest BCUT2D eigenvalue weighted by atomic mass is 14.8. The molecule has 0 atom stereocenters. The molecule has 0 bridgehead atoms. The van der Waals surface area contributed by atoms with Gasteiger partial charge in [0.25, 0.3) is 0 Å². The van der Waals surface area contributed by atoms with Gasteiger partial charge in [-0.25, -0.2) is 4.98 Å². The van der Waals surface area contributed by atoms with Crippen molar-refractivity contribution in [3.05, 3.63) is 71.8 Å². The van der Waals surface area contributed by atoms with E-state index < -0.39 is 0 Å². The van der Waals surface area contributed by atoms with Crippen LogP contribution in [0, 0.1) is 0 Å². The molecule has 0 aliphatic rings. The molecule has 2 nitrogen and oxygen atoms in total. The molecule has 0 spiro atoms. The fourth-order valence-electron chi connectivity index (χ4n) is 2.64. The summed E-state index contributed by atoms with van der Waals surface area (Å²) in [6.07, 6.45) is 4.66. The number of anilines is 1. The number of nitrogens with zero attached hydrogens (tertiary/aromatic N) is 1. The molecule has 3 aromatic rings. The van der Waals surface area contributed by atoms with Crippen LogP contribution in [0.5, 0.6) is 0 Å². The number of nitrogen functional groups attached to an aromatic ring is 1. The summed E-state index contributed by atoms with van der Waals surface area (Å²) in [6, 6.07) is 21.0. The first-order chi connectivity index (χ1) is 12.3. The molecule has 25 heavy (non-hydrogen) atoms. The number of nitrogens with two attached hydrogens (primary N) is 1. The predicted octanol–water partition coefficient (Wildman–Crippen LogP) is 6.43. The van der Waals surface area contributed by atoms with Gasteiger partial charge in [0.05, 0.1) is 5.52 Å². The Labute approximate surface area is 153 Å². The number of rotatable bonds is 5. The predicted molar refractivity (Wildman–Crippen MR) is 112 cm³/mol. The Bertz CT molecular complexity index is 720. The van der Waals surface area contributed by atoms with Gasteiger partial charge in [-0.1, -0.05) is 70.2 Å². The summed E-state index contributed by atoms with van der Waals surface area (Å²) >= 11 is 0. The van der Waals surface area contributed by atoms with Crippen LogP contribution in [0.25, 0.3) is 10.9 Å². The van der Waals surface area contributed by atoms with Gasteiger partial charge in [0.1, 0.15) is 5.82 Å². The SMILES string of the molecule is CC.CC.Nc1ccc2ccc(CCCCc3ccccc3)cc2n1. The van der Waals surface area contributed by atoms with Gasteiger partial charge < -0.3 is 5.73 Å². The Morgan fingerprint density at radius 1 is 0.720 bits per heavy atom.